The van der Waals surface area contributed by atoms with Gasteiger partial charge in [-0.1, -0.05) is 40.9 Å². The van der Waals surface area contributed by atoms with Crippen LogP contribution >= 0.6 is 34.8 Å². The number of carbonyl (C=O) groups excluding carboxylic acids is 1. The Morgan fingerprint density at radius 1 is 1.10 bits per heavy atom. The number of rotatable bonds is 5. The van der Waals surface area contributed by atoms with Crippen molar-refractivity contribution in [2.45, 2.75) is 24.6 Å². The molecule has 0 saturated heterocycles. The van der Waals surface area contributed by atoms with Gasteiger partial charge in [0.15, 0.2) is 0 Å². The van der Waals surface area contributed by atoms with Gasteiger partial charge in [0.25, 0.3) is 0 Å². The van der Waals surface area contributed by atoms with E-state index in [0.717, 1.165) is 31.1 Å². The SMILES string of the molecule is O=C(NNc1cc(C2=CC(c3cc(Cl)cc(Cl)c3)(C(F)(F)F)ON2)ccc1Cl)C1CC1. The van der Waals surface area contributed by atoms with Gasteiger partial charge < -0.3 is 0 Å². The molecule has 0 aromatic heterocycles. The third-order valence-electron chi connectivity index (χ3n) is 4.93. The average Bonchev–Trinajstić information content (AvgIpc) is 3.43. The quantitative estimate of drug-likeness (QED) is 0.459. The summed E-state index contributed by atoms with van der Waals surface area (Å²) in [5.74, 6) is -0.198. The van der Waals surface area contributed by atoms with Crippen molar-refractivity contribution in [2.24, 2.45) is 5.92 Å². The van der Waals surface area contributed by atoms with Crippen molar-refractivity contribution in [1.82, 2.24) is 10.9 Å². The Morgan fingerprint density at radius 2 is 1.77 bits per heavy atom. The van der Waals surface area contributed by atoms with Crippen LogP contribution in [-0.2, 0) is 15.2 Å². The zero-order valence-electron chi connectivity index (χ0n) is 15.6. The van der Waals surface area contributed by atoms with Gasteiger partial charge >= 0.3 is 6.18 Å². The molecule has 1 aliphatic carbocycles. The van der Waals surface area contributed by atoms with Crippen LogP contribution < -0.4 is 16.3 Å². The second-order valence-electron chi connectivity index (χ2n) is 7.24. The molecule has 164 valence electrons. The molecule has 5 nitrogen and oxygen atoms in total. The van der Waals surface area contributed by atoms with Crippen LogP contribution in [0.4, 0.5) is 18.9 Å². The fourth-order valence-corrected chi connectivity index (χ4v) is 3.81. The summed E-state index contributed by atoms with van der Waals surface area (Å²) < 4.78 is 42.3. The van der Waals surface area contributed by atoms with E-state index in [1.807, 2.05) is 0 Å². The topological polar surface area (TPSA) is 62.4 Å². The minimum Gasteiger partial charge on any atom is -0.297 e. The predicted octanol–water partition coefficient (Wildman–Crippen LogP) is 5.83. The number of hydrogen-bond donors (Lipinski definition) is 3. The number of halogens is 6. The maximum atomic E-state index is 14.1. The summed E-state index contributed by atoms with van der Waals surface area (Å²) >= 11 is 18.0. The molecule has 11 heteroatoms. The van der Waals surface area contributed by atoms with Gasteiger partial charge in [0.2, 0.25) is 11.5 Å². The minimum absolute atomic E-state index is 0.0287. The van der Waals surface area contributed by atoms with Crippen molar-refractivity contribution >= 4 is 52.1 Å². The zero-order chi connectivity index (χ0) is 22.4. The summed E-state index contributed by atoms with van der Waals surface area (Å²) in [4.78, 5) is 16.9. The summed E-state index contributed by atoms with van der Waals surface area (Å²) in [5.41, 5.74) is 5.26. The molecule has 1 saturated carbocycles. The molecule has 2 aromatic carbocycles. The Morgan fingerprint density at radius 3 is 2.39 bits per heavy atom. The van der Waals surface area contributed by atoms with Crippen LogP contribution in [0.15, 0.2) is 42.5 Å². The highest BCUT2D eigenvalue weighted by Gasteiger charge is 2.59. The number of carbonyl (C=O) groups is 1. The van der Waals surface area contributed by atoms with Crippen LogP contribution in [0.25, 0.3) is 5.70 Å². The number of alkyl halides is 3. The van der Waals surface area contributed by atoms with Crippen molar-refractivity contribution in [3.8, 4) is 0 Å². The van der Waals surface area contributed by atoms with E-state index in [1.54, 1.807) is 0 Å². The standard InChI is InChI=1S/C20H15Cl3F3N3O2/c21-13-6-12(7-14(22)8-13)19(20(24,25)26)9-17(29-31-19)11-3-4-15(23)16(5-11)27-28-18(30)10-1-2-10/h3-10,27,29H,1-2H2,(H,28,30). The molecule has 1 atom stereocenters. The first-order chi connectivity index (χ1) is 14.6. The molecule has 2 aromatic rings. The fourth-order valence-electron chi connectivity index (χ4n) is 3.12. The Kier molecular flexibility index (Phi) is 5.76. The van der Waals surface area contributed by atoms with Gasteiger partial charge in [0.1, 0.15) is 0 Å². The minimum atomic E-state index is -4.82. The van der Waals surface area contributed by atoms with Crippen LogP contribution in [-0.4, -0.2) is 12.1 Å². The van der Waals surface area contributed by atoms with E-state index < -0.39 is 11.8 Å². The molecular formula is C20H15Cl3F3N3O2. The first kappa shape index (κ1) is 22.1. The molecule has 31 heavy (non-hydrogen) atoms. The summed E-state index contributed by atoms with van der Waals surface area (Å²) in [6, 6.07) is 8.13. The first-order valence-corrected chi connectivity index (χ1v) is 10.3. The smallest absolute Gasteiger partial charge is 0.297 e. The number of amides is 1. The third kappa shape index (κ3) is 4.43. The molecule has 1 heterocycles. The third-order valence-corrected chi connectivity index (χ3v) is 5.69. The van der Waals surface area contributed by atoms with Gasteiger partial charge in [0, 0.05) is 27.1 Å². The molecule has 1 aliphatic heterocycles. The van der Waals surface area contributed by atoms with E-state index in [2.05, 4.69) is 16.3 Å². The second kappa shape index (κ2) is 8.09. The number of benzene rings is 2. The number of anilines is 1. The van der Waals surface area contributed by atoms with Crippen molar-refractivity contribution < 1.29 is 22.8 Å². The van der Waals surface area contributed by atoms with E-state index in [1.165, 1.54) is 24.3 Å². The molecule has 0 spiro atoms. The van der Waals surface area contributed by atoms with Crippen molar-refractivity contribution in [1.29, 1.82) is 0 Å². The summed E-state index contributed by atoms with van der Waals surface area (Å²) in [6.45, 7) is 0. The van der Waals surface area contributed by atoms with E-state index in [4.69, 9.17) is 39.6 Å². The van der Waals surface area contributed by atoms with Crippen LogP contribution in [0.1, 0.15) is 24.0 Å². The maximum Gasteiger partial charge on any atom is 0.428 e. The first-order valence-electron chi connectivity index (χ1n) is 9.15. The van der Waals surface area contributed by atoms with Crippen molar-refractivity contribution in [3.05, 3.63) is 68.7 Å². The van der Waals surface area contributed by atoms with Gasteiger partial charge in [-0.3, -0.25) is 26.0 Å². The molecule has 0 bridgehead atoms. The van der Waals surface area contributed by atoms with E-state index in [0.29, 0.717) is 11.3 Å². The van der Waals surface area contributed by atoms with Gasteiger partial charge in [-0.25, -0.2) is 0 Å². The van der Waals surface area contributed by atoms with Crippen LogP contribution in [0.5, 0.6) is 0 Å². The summed E-state index contributed by atoms with van der Waals surface area (Å²) in [5, 5.41) is 0.366. The Labute approximate surface area is 190 Å². The number of nitrogens with one attached hydrogen (secondary N) is 3. The molecule has 3 N–H and O–H groups in total. The summed E-state index contributed by atoms with van der Waals surface area (Å²) in [6.07, 6.45) is -2.27. The highest BCUT2D eigenvalue weighted by molar-refractivity contribution is 6.34. The molecule has 2 aliphatic rings. The average molecular weight is 493 g/mol. The molecular weight excluding hydrogens is 478 g/mol. The van der Waals surface area contributed by atoms with E-state index in [9.17, 15) is 18.0 Å². The lowest BCUT2D eigenvalue weighted by Gasteiger charge is -2.28. The monoisotopic (exact) mass is 491 g/mol. The fraction of sp³-hybridized carbons (Fsp3) is 0.250. The van der Waals surface area contributed by atoms with Gasteiger partial charge in [0.05, 0.1) is 16.4 Å². The van der Waals surface area contributed by atoms with Gasteiger partial charge in [-0.2, -0.15) is 13.2 Å². The zero-order valence-corrected chi connectivity index (χ0v) is 17.9. The maximum absolute atomic E-state index is 14.1. The van der Waals surface area contributed by atoms with E-state index in [-0.39, 0.29) is 38.2 Å². The summed E-state index contributed by atoms with van der Waals surface area (Å²) in [7, 11) is 0. The molecule has 1 fully saturated rings. The highest BCUT2D eigenvalue weighted by atomic mass is 35.5. The van der Waals surface area contributed by atoms with Crippen LogP contribution in [0.2, 0.25) is 15.1 Å². The molecule has 0 radical (unpaired) electrons. The number of hydrogen-bond acceptors (Lipinski definition) is 4. The van der Waals surface area contributed by atoms with E-state index >= 15 is 0 Å². The van der Waals surface area contributed by atoms with Crippen LogP contribution in [0, 0.1) is 5.92 Å². The van der Waals surface area contributed by atoms with Gasteiger partial charge in [-0.05, 0) is 49.2 Å². The highest BCUT2D eigenvalue weighted by Crippen LogP contribution is 2.48. The van der Waals surface area contributed by atoms with Crippen LogP contribution in [0.3, 0.4) is 0 Å². The molecule has 1 unspecified atom stereocenters. The van der Waals surface area contributed by atoms with Crippen molar-refractivity contribution in [3.63, 3.8) is 0 Å². The molecule has 1 amide bonds. The Balaban J connectivity index is 1.68. The van der Waals surface area contributed by atoms with Gasteiger partial charge in [-0.15, -0.1) is 0 Å². The largest absolute Gasteiger partial charge is 0.428 e. The lowest BCUT2D eigenvalue weighted by atomic mass is 9.91. The lowest BCUT2D eigenvalue weighted by molar-refractivity contribution is -0.269. The lowest BCUT2D eigenvalue weighted by Crippen LogP contribution is -2.42. The number of hydrazine groups is 1. The second-order valence-corrected chi connectivity index (χ2v) is 8.52. The Bertz CT molecular complexity index is 1050. The number of hydroxylamine groups is 1. The predicted molar refractivity (Wildman–Crippen MR) is 112 cm³/mol. The Hall–Kier alpha value is -2.13. The normalized spacial score (nSPS) is 20.8. The molecule has 4 rings (SSSR count). The van der Waals surface area contributed by atoms with Crippen molar-refractivity contribution in [2.75, 3.05) is 5.43 Å².